The Morgan fingerprint density at radius 3 is 2.32 bits per heavy atom. The molecular formula is C28H36N8O2. The molecule has 4 heterocycles. The molecule has 10 heteroatoms. The molecule has 2 fully saturated rings. The minimum absolute atomic E-state index is 0.0655. The summed E-state index contributed by atoms with van der Waals surface area (Å²) in [4.78, 5) is 39.4. The van der Waals surface area contributed by atoms with Crippen molar-refractivity contribution in [2.24, 2.45) is 0 Å². The molecule has 0 unspecified atom stereocenters. The molecule has 0 radical (unpaired) electrons. The molecule has 2 amide bonds. The number of likely N-dealkylation sites (N-methyl/N-ethyl adjacent to an activating group) is 1. The molecule has 200 valence electrons. The van der Waals surface area contributed by atoms with Crippen molar-refractivity contribution in [1.82, 2.24) is 24.6 Å². The van der Waals surface area contributed by atoms with Crippen LogP contribution in [0, 0.1) is 13.8 Å². The number of para-hydroxylation sites is 1. The Balaban J connectivity index is 1.22. The van der Waals surface area contributed by atoms with Crippen LogP contribution < -0.4 is 15.1 Å². The summed E-state index contributed by atoms with van der Waals surface area (Å²) in [7, 11) is 2.12. The van der Waals surface area contributed by atoms with E-state index in [-0.39, 0.29) is 18.4 Å². The van der Waals surface area contributed by atoms with Crippen LogP contribution in [0.1, 0.15) is 21.7 Å². The third kappa shape index (κ3) is 5.80. The minimum atomic E-state index is -0.154. The Morgan fingerprint density at radius 1 is 0.895 bits per heavy atom. The average molecular weight is 517 g/mol. The van der Waals surface area contributed by atoms with E-state index in [0.29, 0.717) is 31.7 Å². The lowest BCUT2D eigenvalue weighted by Gasteiger charge is -2.37. The van der Waals surface area contributed by atoms with Crippen molar-refractivity contribution in [3.05, 3.63) is 65.6 Å². The molecule has 0 spiro atoms. The highest BCUT2D eigenvalue weighted by Gasteiger charge is 2.25. The van der Waals surface area contributed by atoms with Crippen LogP contribution in [-0.4, -0.2) is 95.8 Å². The number of nitrogens with zero attached hydrogens (tertiary/aromatic N) is 7. The van der Waals surface area contributed by atoms with Crippen LogP contribution >= 0.6 is 0 Å². The van der Waals surface area contributed by atoms with Crippen molar-refractivity contribution in [3.8, 4) is 0 Å². The summed E-state index contributed by atoms with van der Waals surface area (Å²) in [6, 6.07) is 13.4. The van der Waals surface area contributed by atoms with Gasteiger partial charge in [0.15, 0.2) is 0 Å². The summed E-state index contributed by atoms with van der Waals surface area (Å²) in [6.45, 7) is 10.5. The number of nitrogens with one attached hydrogen (secondary N) is 1. The normalized spacial score (nSPS) is 16.6. The fourth-order valence-electron chi connectivity index (χ4n) is 5.10. The molecule has 2 aromatic heterocycles. The van der Waals surface area contributed by atoms with Gasteiger partial charge in [-0.2, -0.15) is 5.10 Å². The predicted molar refractivity (Wildman–Crippen MR) is 149 cm³/mol. The number of pyridine rings is 1. The monoisotopic (exact) mass is 516 g/mol. The Bertz CT molecular complexity index is 1290. The first-order valence-corrected chi connectivity index (χ1v) is 13.2. The maximum absolute atomic E-state index is 13.4. The van der Waals surface area contributed by atoms with Crippen molar-refractivity contribution >= 4 is 29.0 Å². The fraction of sp³-hybridized carbons (Fsp3) is 0.429. The first-order valence-electron chi connectivity index (χ1n) is 13.2. The Morgan fingerprint density at radius 2 is 1.61 bits per heavy atom. The zero-order valence-electron chi connectivity index (χ0n) is 22.4. The molecule has 2 aliphatic heterocycles. The average Bonchev–Trinajstić information content (AvgIpc) is 3.25. The summed E-state index contributed by atoms with van der Waals surface area (Å²) in [5.41, 5.74) is 4.13. The number of hydrogen-bond acceptors (Lipinski definition) is 7. The number of anilines is 3. The van der Waals surface area contributed by atoms with Gasteiger partial charge in [0.2, 0.25) is 5.91 Å². The lowest BCUT2D eigenvalue weighted by molar-refractivity contribution is -0.132. The fourth-order valence-corrected chi connectivity index (χ4v) is 5.10. The van der Waals surface area contributed by atoms with Crippen molar-refractivity contribution < 1.29 is 9.59 Å². The predicted octanol–water partition coefficient (Wildman–Crippen LogP) is 2.25. The van der Waals surface area contributed by atoms with Crippen LogP contribution in [0.25, 0.3) is 0 Å². The van der Waals surface area contributed by atoms with Crippen LogP contribution in [0.15, 0.2) is 48.7 Å². The van der Waals surface area contributed by atoms with E-state index in [1.165, 1.54) is 0 Å². The van der Waals surface area contributed by atoms with Gasteiger partial charge < -0.3 is 24.9 Å². The van der Waals surface area contributed by atoms with E-state index in [4.69, 9.17) is 0 Å². The molecular weight excluding hydrogens is 480 g/mol. The maximum Gasteiger partial charge on any atom is 0.257 e. The van der Waals surface area contributed by atoms with Crippen molar-refractivity contribution in [2.45, 2.75) is 20.4 Å². The smallest absolute Gasteiger partial charge is 0.257 e. The molecule has 10 nitrogen and oxygen atoms in total. The van der Waals surface area contributed by atoms with Gasteiger partial charge in [-0.1, -0.05) is 12.1 Å². The number of rotatable bonds is 6. The summed E-state index contributed by atoms with van der Waals surface area (Å²) >= 11 is 0. The molecule has 2 aliphatic rings. The highest BCUT2D eigenvalue weighted by molar-refractivity contribution is 6.08. The van der Waals surface area contributed by atoms with Gasteiger partial charge in [0.05, 0.1) is 11.3 Å². The Hall–Kier alpha value is -3.92. The quantitative estimate of drug-likeness (QED) is 0.538. The van der Waals surface area contributed by atoms with E-state index in [1.54, 1.807) is 10.9 Å². The van der Waals surface area contributed by atoms with Crippen LogP contribution in [0.3, 0.4) is 0 Å². The molecule has 0 saturated carbocycles. The number of piperazine rings is 2. The summed E-state index contributed by atoms with van der Waals surface area (Å²) in [5.74, 6) is 0.792. The second-order valence-electron chi connectivity index (χ2n) is 10.1. The van der Waals surface area contributed by atoms with Gasteiger partial charge in [-0.25, -0.2) is 4.98 Å². The van der Waals surface area contributed by atoms with Gasteiger partial charge in [0, 0.05) is 81.7 Å². The van der Waals surface area contributed by atoms with Crippen molar-refractivity contribution in [2.75, 3.05) is 74.5 Å². The zero-order valence-corrected chi connectivity index (χ0v) is 22.4. The summed E-state index contributed by atoms with van der Waals surface area (Å²) < 4.78 is 1.76. The second-order valence-corrected chi connectivity index (χ2v) is 10.1. The SMILES string of the molecule is Cc1cc(C)n(CC(=O)N2CCN(c3ccccc3C(=O)Nc3ccnc(N4CCN(C)CC4)c3)CC2)n1. The molecule has 0 aliphatic carbocycles. The third-order valence-electron chi connectivity index (χ3n) is 7.34. The lowest BCUT2D eigenvalue weighted by atomic mass is 10.1. The third-order valence-corrected chi connectivity index (χ3v) is 7.34. The summed E-state index contributed by atoms with van der Waals surface area (Å²) in [5, 5.41) is 7.48. The standard InChI is InChI=1S/C28H36N8O2/c1-21-18-22(2)36(31-21)20-27(37)35-16-14-33(15-17-35)25-7-5-4-6-24(25)28(38)30-23-8-9-29-26(19-23)34-12-10-32(3)11-13-34/h4-9,18-19H,10-17,20H2,1-3H3,(H,29,30,38). The molecule has 2 saturated heterocycles. The number of carbonyl (C=O) groups excluding carboxylic acids is 2. The number of aryl methyl sites for hydroxylation is 2. The molecule has 1 aromatic carbocycles. The van der Waals surface area contributed by atoms with Crippen LogP contribution in [0.5, 0.6) is 0 Å². The van der Waals surface area contributed by atoms with Crippen molar-refractivity contribution in [3.63, 3.8) is 0 Å². The van der Waals surface area contributed by atoms with Crippen LogP contribution in [0.2, 0.25) is 0 Å². The van der Waals surface area contributed by atoms with E-state index in [2.05, 4.69) is 37.1 Å². The molecule has 38 heavy (non-hydrogen) atoms. The molecule has 3 aromatic rings. The van der Waals surface area contributed by atoms with Gasteiger partial charge >= 0.3 is 0 Å². The Kier molecular flexibility index (Phi) is 7.59. The summed E-state index contributed by atoms with van der Waals surface area (Å²) in [6.07, 6.45) is 1.75. The molecule has 0 bridgehead atoms. The lowest BCUT2D eigenvalue weighted by Crippen LogP contribution is -2.50. The van der Waals surface area contributed by atoms with E-state index >= 15 is 0 Å². The number of amides is 2. The number of hydrogen-bond donors (Lipinski definition) is 1. The first kappa shape index (κ1) is 25.7. The first-order chi connectivity index (χ1) is 18.4. The molecule has 0 atom stereocenters. The van der Waals surface area contributed by atoms with E-state index in [0.717, 1.165) is 54.8 Å². The zero-order chi connectivity index (χ0) is 26.6. The number of benzene rings is 1. The van der Waals surface area contributed by atoms with E-state index in [1.807, 2.05) is 61.2 Å². The van der Waals surface area contributed by atoms with Crippen LogP contribution in [0.4, 0.5) is 17.2 Å². The van der Waals surface area contributed by atoms with Gasteiger partial charge in [-0.05, 0) is 45.2 Å². The van der Waals surface area contributed by atoms with Crippen molar-refractivity contribution in [1.29, 1.82) is 0 Å². The highest BCUT2D eigenvalue weighted by Crippen LogP contribution is 2.24. The Labute approximate surface area is 223 Å². The second kappa shape index (κ2) is 11.2. The number of carbonyl (C=O) groups is 2. The highest BCUT2D eigenvalue weighted by atomic mass is 16.2. The largest absolute Gasteiger partial charge is 0.367 e. The van der Waals surface area contributed by atoms with Gasteiger partial charge in [0.25, 0.3) is 5.91 Å². The topological polar surface area (TPSA) is 89.8 Å². The molecule has 1 N–H and O–H groups in total. The van der Waals surface area contributed by atoms with E-state index < -0.39 is 0 Å². The number of aromatic nitrogens is 3. The van der Waals surface area contributed by atoms with Gasteiger partial charge in [-0.15, -0.1) is 0 Å². The van der Waals surface area contributed by atoms with Gasteiger partial charge in [0.1, 0.15) is 12.4 Å². The van der Waals surface area contributed by atoms with E-state index in [9.17, 15) is 9.59 Å². The molecule has 5 rings (SSSR count). The van der Waals surface area contributed by atoms with Crippen LogP contribution in [-0.2, 0) is 11.3 Å². The maximum atomic E-state index is 13.4. The minimum Gasteiger partial charge on any atom is -0.367 e. The van der Waals surface area contributed by atoms with Gasteiger partial charge in [-0.3, -0.25) is 14.3 Å².